The quantitative estimate of drug-likeness (QED) is 0.742. The largest absolute Gasteiger partial charge is 0.324 e. The maximum absolute atomic E-state index is 12.3. The van der Waals surface area contributed by atoms with Crippen molar-refractivity contribution in [2.24, 2.45) is 5.73 Å². The van der Waals surface area contributed by atoms with Gasteiger partial charge in [0, 0.05) is 24.1 Å². The molecule has 2 N–H and O–H groups in total. The summed E-state index contributed by atoms with van der Waals surface area (Å²) < 4.78 is 24.5. The molecule has 1 aliphatic rings. The Bertz CT molecular complexity index is 135. The van der Waals surface area contributed by atoms with E-state index in [-0.39, 0.29) is 25.2 Å². The lowest BCUT2D eigenvalue weighted by molar-refractivity contribution is -0.114. The molecule has 1 saturated carbocycles. The molecule has 0 radical (unpaired) electrons. The average Bonchev–Trinajstić information content (AvgIpc) is 1.58. The van der Waals surface area contributed by atoms with Gasteiger partial charge in [-0.05, 0) is 6.26 Å². The highest BCUT2D eigenvalue weighted by Gasteiger charge is 2.53. The van der Waals surface area contributed by atoms with Crippen LogP contribution in [0.1, 0.15) is 12.8 Å². The van der Waals surface area contributed by atoms with Crippen LogP contribution < -0.4 is 5.73 Å². The molecule has 1 nitrogen and oxygen atoms in total. The zero-order valence-corrected chi connectivity index (χ0v) is 7.90. The third kappa shape index (κ3) is 2.76. The molecule has 1 aliphatic carbocycles. The van der Waals surface area contributed by atoms with Gasteiger partial charge in [-0.2, -0.15) is 11.8 Å². The predicted molar refractivity (Wildman–Crippen MR) is 46.7 cm³/mol. The van der Waals surface area contributed by atoms with Crippen LogP contribution in [-0.2, 0) is 0 Å². The van der Waals surface area contributed by atoms with Crippen molar-refractivity contribution >= 4 is 24.2 Å². The Morgan fingerprint density at radius 1 is 1.45 bits per heavy atom. The summed E-state index contributed by atoms with van der Waals surface area (Å²) in [6.45, 7) is 0. The first-order chi connectivity index (χ1) is 4.47. The van der Waals surface area contributed by atoms with E-state index in [0.717, 1.165) is 0 Å². The van der Waals surface area contributed by atoms with E-state index in [9.17, 15) is 8.78 Å². The molecule has 0 heterocycles. The van der Waals surface area contributed by atoms with Crippen LogP contribution in [0.2, 0.25) is 0 Å². The molecule has 1 fully saturated rings. The van der Waals surface area contributed by atoms with Crippen LogP contribution in [0.4, 0.5) is 8.78 Å². The number of alkyl halides is 2. The minimum absolute atomic E-state index is 0. The fourth-order valence-electron chi connectivity index (χ4n) is 1.37. The minimum atomic E-state index is -2.48. The number of nitrogens with two attached hydrogens (primary N) is 1. The molecular formula is C6H12ClF2NS. The van der Waals surface area contributed by atoms with Gasteiger partial charge in [-0.15, -0.1) is 12.4 Å². The first-order valence-corrected chi connectivity index (χ1v) is 4.53. The van der Waals surface area contributed by atoms with Gasteiger partial charge >= 0.3 is 0 Å². The number of halogens is 3. The van der Waals surface area contributed by atoms with Gasteiger partial charge in [0.25, 0.3) is 5.92 Å². The highest BCUT2D eigenvalue weighted by molar-refractivity contribution is 7.98. The van der Waals surface area contributed by atoms with Crippen molar-refractivity contribution in [2.75, 3.05) is 12.0 Å². The highest BCUT2D eigenvalue weighted by atomic mass is 35.5. The van der Waals surface area contributed by atoms with Crippen molar-refractivity contribution in [1.82, 2.24) is 0 Å². The van der Waals surface area contributed by atoms with Gasteiger partial charge < -0.3 is 5.73 Å². The molecule has 0 aromatic rings. The van der Waals surface area contributed by atoms with E-state index in [4.69, 9.17) is 5.73 Å². The second-order valence-corrected chi connectivity index (χ2v) is 3.87. The van der Waals surface area contributed by atoms with Gasteiger partial charge in [-0.1, -0.05) is 0 Å². The fraction of sp³-hybridized carbons (Fsp3) is 1.00. The third-order valence-corrected chi connectivity index (χ3v) is 2.52. The van der Waals surface area contributed by atoms with E-state index in [2.05, 4.69) is 0 Å². The molecular weight excluding hydrogens is 192 g/mol. The highest BCUT2D eigenvalue weighted by Crippen LogP contribution is 2.44. The molecule has 68 valence electrons. The standard InChI is InChI=1S/C6H11F2NS.ClH/c1-10-4-5(9)2-6(7,8)3-5;/h2-4,9H2,1H3;1H. The van der Waals surface area contributed by atoms with E-state index in [1.165, 1.54) is 11.8 Å². The van der Waals surface area contributed by atoms with Gasteiger partial charge in [-0.3, -0.25) is 0 Å². The summed E-state index contributed by atoms with van der Waals surface area (Å²) in [6.07, 6.45) is 1.60. The Labute approximate surface area is 75.5 Å². The third-order valence-electron chi connectivity index (χ3n) is 1.65. The molecule has 0 unspecified atom stereocenters. The molecule has 0 atom stereocenters. The smallest absolute Gasteiger partial charge is 0.251 e. The van der Waals surface area contributed by atoms with Crippen LogP contribution in [-0.4, -0.2) is 23.5 Å². The van der Waals surface area contributed by atoms with Crippen LogP contribution in [0.5, 0.6) is 0 Å². The number of hydrogen-bond acceptors (Lipinski definition) is 2. The first-order valence-electron chi connectivity index (χ1n) is 3.13. The van der Waals surface area contributed by atoms with Crippen molar-refractivity contribution in [3.63, 3.8) is 0 Å². The van der Waals surface area contributed by atoms with Crippen molar-refractivity contribution in [2.45, 2.75) is 24.3 Å². The molecule has 0 aliphatic heterocycles. The molecule has 0 aromatic carbocycles. The normalized spacial score (nSPS) is 25.1. The maximum Gasteiger partial charge on any atom is 0.251 e. The summed E-state index contributed by atoms with van der Waals surface area (Å²) in [5.41, 5.74) is 5.01. The predicted octanol–water partition coefficient (Wildman–Crippen LogP) is 1.90. The summed E-state index contributed by atoms with van der Waals surface area (Å²) in [4.78, 5) is 0. The van der Waals surface area contributed by atoms with E-state index in [0.29, 0.717) is 5.75 Å². The lowest BCUT2D eigenvalue weighted by Crippen LogP contribution is -2.59. The summed E-state index contributed by atoms with van der Waals surface area (Å²) in [6, 6.07) is 0. The second-order valence-electron chi connectivity index (χ2n) is 3.00. The number of thioether (sulfide) groups is 1. The molecule has 11 heavy (non-hydrogen) atoms. The summed E-state index contributed by atoms with van der Waals surface area (Å²) in [5.74, 6) is -1.84. The molecule has 0 aromatic heterocycles. The topological polar surface area (TPSA) is 26.0 Å². The van der Waals surface area contributed by atoms with Crippen molar-refractivity contribution < 1.29 is 8.78 Å². The monoisotopic (exact) mass is 203 g/mol. The Hall–Kier alpha value is 0.460. The zero-order valence-electron chi connectivity index (χ0n) is 6.27. The molecule has 0 bridgehead atoms. The van der Waals surface area contributed by atoms with E-state index in [1.807, 2.05) is 6.26 Å². The average molecular weight is 204 g/mol. The van der Waals surface area contributed by atoms with E-state index in [1.54, 1.807) is 0 Å². The fourth-order valence-corrected chi connectivity index (χ4v) is 2.15. The van der Waals surface area contributed by atoms with Crippen LogP contribution in [0.15, 0.2) is 0 Å². The van der Waals surface area contributed by atoms with Crippen LogP contribution in [0, 0.1) is 0 Å². The molecule has 5 heteroatoms. The van der Waals surface area contributed by atoms with Crippen LogP contribution in [0.3, 0.4) is 0 Å². The van der Waals surface area contributed by atoms with E-state index >= 15 is 0 Å². The summed E-state index contributed by atoms with van der Waals surface area (Å²) in [7, 11) is 0. The molecule has 1 rings (SSSR count). The summed E-state index contributed by atoms with van der Waals surface area (Å²) in [5, 5.41) is 0. The molecule has 0 saturated heterocycles. The van der Waals surface area contributed by atoms with Gasteiger partial charge in [0.2, 0.25) is 0 Å². The molecule has 0 spiro atoms. The van der Waals surface area contributed by atoms with E-state index < -0.39 is 11.5 Å². The first kappa shape index (κ1) is 11.5. The Morgan fingerprint density at radius 2 is 1.91 bits per heavy atom. The van der Waals surface area contributed by atoms with Gasteiger partial charge in [-0.25, -0.2) is 8.78 Å². The van der Waals surface area contributed by atoms with Crippen molar-refractivity contribution in [1.29, 1.82) is 0 Å². The Kier molecular flexibility index (Phi) is 3.60. The SMILES string of the molecule is CSCC1(N)CC(F)(F)C1.Cl. The maximum atomic E-state index is 12.3. The lowest BCUT2D eigenvalue weighted by Gasteiger charge is -2.44. The summed E-state index contributed by atoms with van der Waals surface area (Å²) >= 11 is 1.53. The minimum Gasteiger partial charge on any atom is -0.324 e. The Morgan fingerprint density at radius 3 is 2.18 bits per heavy atom. The van der Waals surface area contributed by atoms with Crippen LogP contribution >= 0.6 is 24.2 Å². The van der Waals surface area contributed by atoms with Gasteiger partial charge in [0.1, 0.15) is 0 Å². The molecule has 0 amide bonds. The Balaban J connectivity index is 0.000001000. The number of hydrogen-bond donors (Lipinski definition) is 1. The second kappa shape index (κ2) is 3.46. The van der Waals surface area contributed by atoms with Crippen molar-refractivity contribution in [3.8, 4) is 0 Å². The lowest BCUT2D eigenvalue weighted by atomic mass is 9.76. The number of rotatable bonds is 2. The van der Waals surface area contributed by atoms with Crippen molar-refractivity contribution in [3.05, 3.63) is 0 Å². The van der Waals surface area contributed by atoms with Gasteiger partial charge in [0.05, 0.1) is 0 Å². The van der Waals surface area contributed by atoms with Crippen LogP contribution in [0.25, 0.3) is 0 Å². The van der Waals surface area contributed by atoms with Gasteiger partial charge in [0.15, 0.2) is 0 Å². The zero-order chi connectivity index (χ0) is 7.83.